The fraction of sp³-hybridized carbons (Fsp3) is 0.115. The van der Waals surface area contributed by atoms with Crippen molar-refractivity contribution in [2.24, 2.45) is 4.99 Å². The average molecular weight is 421 g/mol. The van der Waals surface area contributed by atoms with Crippen LogP contribution >= 0.6 is 0 Å². The third-order valence-corrected chi connectivity index (χ3v) is 5.88. The summed E-state index contributed by atoms with van der Waals surface area (Å²) in [6.45, 7) is 2.55. The average Bonchev–Trinajstić information content (AvgIpc) is 3.61. The van der Waals surface area contributed by atoms with Crippen LogP contribution in [-0.2, 0) is 0 Å². The molecule has 6 heteroatoms. The number of aromatic amines is 1. The van der Waals surface area contributed by atoms with Gasteiger partial charge in [-0.2, -0.15) is 0 Å². The van der Waals surface area contributed by atoms with Crippen LogP contribution in [0.2, 0.25) is 0 Å². The first-order valence-electron chi connectivity index (χ1n) is 10.9. The Bertz CT molecular complexity index is 1330. The Labute approximate surface area is 186 Å². The predicted molar refractivity (Wildman–Crippen MR) is 132 cm³/mol. The van der Waals surface area contributed by atoms with E-state index in [4.69, 9.17) is 0 Å². The van der Waals surface area contributed by atoms with E-state index in [9.17, 15) is 0 Å². The number of hydrogen-bond acceptors (Lipinski definition) is 5. The summed E-state index contributed by atoms with van der Waals surface area (Å²) in [5.41, 5.74) is 8.96. The molecule has 5 N–H and O–H groups in total. The zero-order valence-corrected chi connectivity index (χ0v) is 17.6. The largest absolute Gasteiger partial charge is 0.372 e. The minimum atomic E-state index is 0.778. The van der Waals surface area contributed by atoms with Crippen LogP contribution in [0.3, 0.4) is 0 Å². The van der Waals surface area contributed by atoms with Crippen LogP contribution < -0.4 is 21.3 Å². The van der Waals surface area contributed by atoms with Gasteiger partial charge in [0.15, 0.2) is 0 Å². The number of anilines is 2. The quantitative estimate of drug-likeness (QED) is 0.332. The lowest BCUT2D eigenvalue weighted by molar-refractivity contribution is 0.843. The zero-order valence-electron chi connectivity index (χ0n) is 17.6. The van der Waals surface area contributed by atoms with Gasteiger partial charge in [0, 0.05) is 51.8 Å². The SMILES string of the molecule is C1=C(c2ccc3cc(-c4ccc(Nc5ccc(C6=NCCN6)cc5)cc4)[nH]c3c2)NCN1. The summed E-state index contributed by atoms with van der Waals surface area (Å²) in [7, 11) is 0. The molecule has 0 spiro atoms. The maximum Gasteiger partial charge on any atom is 0.128 e. The third-order valence-electron chi connectivity index (χ3n) is 5.88. The van der Waals surface area contributed by atoms with Crippen LogP contribution in [0.5, 0.6) is 0 Å². The van der Waals surface area contributed by atoms with E-state index < -0.39 is 0 Å². The Morgan fingerprint density at radius 3 is 2.19 bits per heavy atom. The second-order valence-electron chi connectivity index (χ2n) is 8.04. The molecule has 2 aliphatic rings. The molecule has 158 valence electrons. The lowest BCUT2D eigenvalue weighted by Gasteiger charge is -2.09. The normalized spacial score (nSPS) is 15.0. The standard InChI is InChI=1S/C26H24N6/c1-2-20(25-15-27-16-30-25)14-24-19(1)13-23(32-24)17-3-7-21(8-4-17)31-22-9-5-18(6-10-22)26-28-11-12-29-26/h1-10,13-15,27,30-32H,11-12,16H2,(H,28,29). The van der Waals surface area contributed by atoms with E-state index in [-0.39, 0.29) is 0 Å². The van der Waals surface area contributed by atoms with Gasteiger partial charge in [-0.1, -0.05) is 24.3 Å². The third kappa shape index (κ3) is 3.56. The number of fused-ring (bicyclic) bond motifs is 1. The van der Waals surface area contributed by atoms with Crippen LogP contribution in [0.25, 0.3) is 27.9 Å². The molecule has 2 aliphatic heterocycles. The molecular weight excluding hydrogens is 396 g/mol. The smallest absolute Gasteiger partial charge is 0.128 e. The van der Waals surface area contributed by atoms with Gasteiger partial charge in [0.05, 0.1) is 18.9 Å². The van der Waals surface area contributed by atoms with E-state index in [1.807, 2.05) is 6.20 Å². The summed E-state index contributed by atoms with van der Waals surface area (Å²) < 4.78 is 0. The number of aliphatic imine (C=N–C) groups is 1. The van der Waals surface area contributed by atoms with Crippen molar-refractivity contribution in [1.82, 2.24) is 20.9 Å². The highest BCUT2D eigenvalue weighted by Crippen LogP contribution is 2.28. The number of amidine groups is 1. The van der Waals surface area contributed by atoms with Crippen LogP contribution in [0.15, 0.2) is 84.0 Å². The highest BCUT2D eigenvalue weighted by molar-refractivity contribution is 6.00. The summed E-state index contributed by atoms with van der Waals surface area (Å²) >= 11 is 0. The Morgan fingerprint density at radius 2 is 1.50 bits per heavy atom. The van der Waals surface area contributed by atoms with Gasteiger partial charge in [0.1, 0.15) is 5.84 Å². The van der Waals surface area contributed by atoms with Crippen molar-refractivity contribution >= 4 is 33.8 Å². The van der Waals surface area contributed by atoms with E-state index in [0.29, 0.717) is 0 Å². The number of benzene rings is 3. The highest BCUT2D eigenvalue weighted by atomic mass is 15.1. The van der Waals surface area contributed by atoms with E-state index in [1.165, 1.54) is 10.9 Å². The summed E-state index contributed by atoms with van der Waals surface area (Å²) in [5.74, 6) is 0.985. The van der Waals surface area contributed by atoms with Gasteiger partial charge in [-0.15, -0.1) is 0 Å². The van der Waals surface area contributed by atoms with Gasteiger partial charge in [-0.3, -0.25) is 4.99 Å². The lowest BCUT2D eigenvalue weighted by Crippen LogP contribution is -2.19. The second kappa shape index (κ2) is 7.81. The van der Waals surface area contributed by atoms with Gasteiger partial charge < -0.3 is 26.3 Å². The number of rotatable bonds is 5. The maximum absolute atomic E-state index is 4.47. The zero-order chi connectivity index (χ0) is 21.3. The summed E-state index contributed by atoms with van der Waals surface area (Å²) in [6, 6.07) is 25.6. The first-order chi connectivity index (χ1) is 15.8. The summed E-state index contributed by atoms with van der Waals surface area (Å²) in [4.78, 5) is 8.04. The minimum absolute atomic E-state index is 0.778. The van der Waals surface area contributed by atoms with Crippen molar-refractivity contribution in [3.05, 3.63) is 90.1 Å². The minimum Gasteiger partial charge on any atom is -0.372 e. The van der Waals surface area contributed by atoms with Crippen molar-refractivity contribution in [3.63, 3.8) is 0 Å². The molecule has 0 amide bonds. The fourth-order valence-corrected chi connectivity index (χ4v) is 4.19. The van der Waals surface area contributed by atoms with Crippen LogP contribution in [-0.4, -0.2) is 30.6 Å². The number of nitrogens with one attached hydrogen (secondary N) is 5. The molecule has 3 aromatic carbocycles. The first-order valence-corrected chi connectivity index (χ1v) is 10.9. The molecule has 0 radical (unpaired) electrons. The summed E-state index contributed by atoms with van der Waals surface area (Å²) in [5, 5.41) is 14.5. The van der Waals surface area contributed by atoms with Gasteiger partial charge in [0.2, 0.25) is 0 Å². The molecule has 3 heterocycles. The second-order valence-corrected chi connectivity index (χ2v) is 8.04. The molecule has 0 fully saturated rings. The van der Waals surface area contributed by atoms with Gasteiger partial charge in [-0.05, 0) is 54.1 Å². The fourth-order valence-electron chi connectivity index (χ4n) is 4.19. The van der Waals surface area contributed by atoms with Gasteiger partial charge >= 0.3 is 0 Å². The summed E-state index contributed by atoms with van der Waals surface area (Å²) in [6.07, 6.45) is 2.02. The number of nitrogens with zero attached hydrogens (tertiary/aromatic N) is 1. The van der Waals surface area contributed by atoms with Gasteiger partial charge in [-0.25, -0.2) is 0 Å². The van der Waals surface area contributed by atoms with Crippen molar-refractivity contribution in [1.29, 1.82) is 0 Å². The van der Waals surface area contributed by atoms with Crippen LogP contribution in [0.4, 0.5) is 11.4 Å². The molecule has 4 aromatic rings. The van der Waals surface area contributed by atoms with E-state index >= 15 is 0 Å². The van der Waals surface area contributed by atoms with Crippen LogP contribution in [0.1, 0.15) is 11.1 Å². The number of aromatic nitrogens is 1. The van der Waals surface area contributed by atoms with Crippen molar-refractivity contribution in [2.75, 3.05) is 25.1 Å². The monoisotopic (exact) mass is 420 g/mol. The van der Waals surface area contributed by atoms with E-state index in [2.05, 4.69) is 104 Å². The Kier molecular flexibility index (Phi) is 4.53. The van der Waals surface area contributed by atoms with Crippen molar-refractivity contribution in [3.8, 4) is 11.3 Å². The molecule has 0 aliphatic carbocycles. The Morgan fingerprint density at radius 1 is 0.750 bits per heavy atom. The molecule has 0 saturated heterocycles. The first kappa shape index (κ1) is 18.6. The van der Waals surface area contributed by atoms with E-state index in [1.54, 1.807) is 0 Å². The molecule has 0 unspecified atom stereocenters. The highest BCUT2D eigenvalue weighted by Gasteiger charge is 2.10. The van der Waals surface area contributed by atoms with E-state index in [0.717, 1.165) is 65.0 Å². The molecule has 6 nitrogen and oxygen atoms in total. The molecular formula is C26H24N6. The maximum atomic E-state index is 4.47. The van der Waals surface area contributed by atoms with Crippen molar-refractivity contribution in [2.45, 2.75) is 0 Å². The number of hydrogen-bond donors (Lipinski definition) is 5. The Hall–Kier alpha value is -4.19. The topological polar surface area (TPSA) is 76.3 Å². The van der Waals surface area contributed by atoms with Gasteiger partial charge in [0.25, 0.3) is 0 Å². The predicted octanol–water partition coefficient (Wildman–Crippen LogP) is 4.38. The van der Waals surface area contributed by atoms with Crippen molar-refractivity contribution < 1.29 is 0 Å². The molecule has 0 saturated carbocycles. The molecule has 6 rings (SSSR count). The molecule has 0 atom stereocenters. The Balaban J connectivity index is 1.19. The molecule has 0 bridgehead atoms. The van der Waals surface area contributed by atoms with Crippen LogP contribution in [0, 0.1) is 0 Å². The molecule has 32 heavy (non-hydrogen) atoms. The lowest BCUT2D eigenvalue weighted by atomic mass is 10.1. The molecule has 1 aromatic heterocycles. The number of H-pyrrole nitrogens is 1.